The summed E-state index contributed by atoms with van der Waals surface area (Å²) < 4.78 is 1.27. The summed E-state index contributed by atoms with van der Waals surface area (Å²) in [4.78, 5) is 0. The lowest BCUT2D eigenvalue weighted by Gasteiger charge is -2.35. The molecule has 14 heavy (non-hydrogen) atoms. The largest absolute Gasteiger partial charge is 0.326 e. The Balaban J connectivity index is 1.99. The van der Waals surface area contributed by atoms with E-state index in [0.717, 1.165) is 17.8 Å². The van der Waals surface area contributed by atoms with Crippen molar-refractivity contribution in [3.8, 4) is 0 Å². The van der Waals surface area contributed by atoms with Gasteiger partial charge in [0, 0.05) is 5.41 Å². The van der Waals surface area contributed by atoms with Gasteiger partial charge in [-0.1, -0.05) is 13.8 Å². The Labute approximate surface area is 89.1 Å². The lowest BCUT2D eigenvalue weighted by molar-refractivity contribution is -0.910. The fourth-order valence-corrected chi connectivity index (χ4v) is 4.01. The van der Waals surface area contributed by atoms with Crippen molar-refractivity contribution in [2.24, 2.45) is 23.2 Å². The second kappa shape index (κ2) is 2.98. The molecule has 0 aromatic rings. The Morgan fingerprint density at radius 2 is 1.86 bits per heavy atom. The normalized spacial score (nSPS) is 45.6. The van der Waals surface area contributed by atoms with Crippen molar-refractivity contribution in [3.63, 3.8) is 0 Å². The fraction of sp³-hybridized carbons (Fsp3) is 1.00. The van der Waals surface area contributed by atoms with Crippen LogP contribution in [0.5, 0.6) is 0 Å². The van der Waals surface area contributed by atoms with Gasteiger partial charge in [0.15, 0.2) is 0 Å². The molecule has 0 amide bonds. The third kappa shape index (κ3) is 1.25. The minimum atomic E-state index is 0.709. The standard InChI is InChI=1S/C13H26N/c1-6-14(5,7-2)9-13(4)11-8-10(3)12(11)13/h10-12H,6-9H2,1-5H3/q+1. The molecule has 0 bridgehead atoms. The van der Waals surface area contributed by atoms with Crippen LogP contribution in [0, 0.1) is 23.2 Å². The number of rotatable bonds is 4. The molecule has 2 aliphatic carbocycles. The minimum Gasteiger partial charge on any atom is -0.326 e. The van der Waals surface area contributed by atoms with Crippen molar-refractivity contribution < 1.29 is 4.48 Å². The molecule has 0 N–H and O–H groups in total. The van der Waals surface area contributed by atoms with Gasteiger partial charge in [-0.25, -0.2) is 0 Å². The van der Waals surface area contributed by atoms with E-state index in [4.69, 9.17) is 0 Å². The summed E-state index contributed by atoms with van der Waals surface area (Å²) in [6.45, 7) is 13.6. The Bertz CT molecular complexity index is 231. The SMILES string of the molecule is CC[N+](C)(CC)CC1(C)C2CC(C)C21. The van der Waals surface area contributed by atoms with E-state index in [1.165, 1.54) is 30.5 Å². The predicted molar refractivity (Wildman–Crippen MR) is 61.0 cm³/mol. The summed E-state index contributed by atoms with van der Waals surface area (Å²) in [7, 11) is 2.42. The van der Waals surface area contributed by atoms with Crippen LogP contribution in [0.3, 0.4) is 0 Å². The summed E-state index contributed by atoms with van der Waals surface area (Å²) in [5.74, 6) is 3.19. The van der Waals surface area contributed by atoms with Crippen LogP contribution in [-0.4, -0.2) is 31.2 Å². The van der Waals surface area contributed by atoms with Crippen LogP contribution in [-0.2, 0) is 0 Å². The van der Waals surface area contributed by atoms with Gasteiger partial charge >= 0.3 is 0 Å². The number of hydrogen-bond acceptors (Lipinski definition) is 0. The van der Waals surface area contributed by atoms with Crippen molar-refractivity contribution >= 4 is 0 Å². The molecule has 1 heteroatoms. The minimum absolute atomic E-state index is 0.709. The highest BCUT2D eigenvalue weighted by Crippen LogP contribution is 2.73. The van der Waals surface area contributed by atoms with Gasteiger partial charge in [0.2, 0.25) is 0 Å². The first-order chi connectivity index (χ1) is 6.47. The van der Waals surface area contributed by atoms with Crippen molar-refractivity contribution in [1.82, 2.24) is 0 Å². The first-order valence-corrected chi connectivity index (χ1v) is 6.30. The van der Waals surface area contributed by atoms with E-state index >= 15 is 0 Å². The van der Waals surface area contributed by atoms with Gasteiger partial charge in [-0.15, -0.1) is 0 Å². The molecule has 4 unspecified atom stereocenters. The molecule has 1 nitrogen and oxygen atoms in total. The molecule has 0 aliphatic heterocycles. The summed E-state index contributed by atoms with van der Waals surface area (Å²) in [6.07, 6.45) is 1.51. The first kappa shape index (κ1) is 10.5. The van der Waals surface area contributed by atoms with Gasteiger partial charge < -0.3 is 4.48 Å². The molecule has 2 saturated carbocycles. The van der Waals surface area contributed by atoms with Crippen molar-refractivity contribution in [2.75, 3.05) is 26.7 Å². The summed E-state index contributed by atoms with van der Waals surface area (Å²) in [5.41, 5.74) is 0.709. The average Bonchev–Trinajstić information content (AvgIpc) is 2.61. The van der Waals surface area contributed by atoms with E-state index in [-0.39, 0.29) is 0 Å². The Kier molecular flexibility index (Phi) is 2.23. The molecular formula is C13H26N+. The number of nitrogens with zero attached hydrogens (tertiary/aromatic N) is 1. The van der Waals surface area contributed by atoms with Crippen LogP contribution in [0.25, 0.3) is 0 Å². The highest BCUT2D eigenvalue weighted by Gasteiger charge is 2.71. The maximum absolute atomic E-state index is 2.54. The zero-order chi connectivity index (χ0) is 10.6. The van der Waals surface area contributed by atoms with Crippen molar-refractivity contribution in [2.45, 2.75) is 34.1 Å². The molecule has 2 fully saturated rings. The highest BCUT2D eigenvalue weighted by molar-refractivity contribution is 5.17. The van der Waals surface area contributed by atoms with E-state index < -0.39 is 0 Å². The van der Waals surface area contributed by atoms with Gasteiger partial charge in [-0.3, -0.25) is 0 Å². The number of fused-ring (bicyclic) bond motifs is 1. The number of quaternary nitrogens is 1. The average molecular weight is 196 g/mol. The van der Waals surface area contributed by atoms with E-state index in [1.807, 2.05) is 0 Å². The first-order valence-electron chi connectivity index (χ1n) is 6.30. The molecule has 2 aliphatic rings. The van der Waals surface area contributed by atoms with Crippen LogP contribution in [0.4, 0.5) is 0 Å². The van der Waals surface area contributed by atoms with Crippen LogP contribution in [0.2, 0.25) is 0 Å². The van der Waals surface area contributed by atoms with Crippen LogP contribution in [0.1, 0.15) is 34.1 Å². The second-order valence-electron chi connectivity index (χ2n) is 6.26. The third-order valence-electron chi connectivity index (χ3n) is 5.42. The van der Waals surface area contributed by atoms with E-state index in [2.05, 4.69) is 34.7 Å². The van der Waals surface area contributed by atoms with Gasteiger partial charge in [0.1, 0.15) is 0 Å². The smallest absolute Gasteiger partial charge is 0.0844 e. The van der Waals surface area contributed by atoms with Gasteiger partial charge in [0.05, 0.1) is 26.7 Å². The van der Waals surface area contributed by atoms with Crippen molar-refractivity contribution in [1.29, 1.82) is 0 Å². The molecule has 0 aromatic heterocycles. The lowest BCUT2D eigenvalue weighted by atomic mass is 9.87. The van der Waals surface area contributed by atoms with E-state index in [1.54, 1.807) is 0 Å². The zero-order valence-electron chi connectivity index (χ0n) is 10.5. The topological polar surface area (TPSA) is 0 Å². The highest BCUT2D eigenvalue weighted by atomic mass is 15.3. The van der Waals surface area contributed by atoms with Gasteiger partial charge in [-0.2, -0.15) is 0 Å². The maximum atomic E-state index is 2.54. The maximum Gasteiger partial charge on any atom is 0.0844 e. The summed E-state index contributed by atoms with van der Waals surface area (Å²) in [6, 6.07) is 0. The van der Waals surface area contributed by atoms with Gasteiger partial charge in [-0.05, 0) is 38.0 Å². The third-order valence-corrected chi connectivity index (χ3v) is 5.42. The van der Waals surface area contributed by atoms with Crippen molar-refractivity contribution in [3.05, 3.63) is 0 Å². The summed E-state index contributed by atoms with van der Waals surface area (Å²) >= 11 is 0. The molecule has 0 heterocycles. The molecule has 0 spiro atoms. The second-order valence-corrected chi connectivity index (χ2v) is 6.26. The molecule has 0 saturated heterocycles. The van der Waals surface area contributed by atoms with Crippen LogP contribution in [0.15, 0.2) is 0 Å². The van der Waals surface area contributed by atoms with E-state index in [0.29, 0.717) is 5.41 Å². The molecule has 0 aromatic carbocycles. The van der Waals surface area contributed by atoms with Gasteiger partial charge in [0.25, 0.3) is 0 Å². The van der Waals surface area contributed by atoms with Crippen LogP contribution >= 0.6 is 0 Å². The molecule has 4 atom stereocenters. The number of hydrogen-bond donors (Lipinski definition) is 0. The van der Waals surface area contributed by atoms with Crippen LogP contribution < -0.4 is 0 Å². The predicted octanol–water partition coefficient (Wildman–Crippen LogP) is 2.76. The Hall–Kier alpha value is -0.0400. The molecule has 0 radical (unpaired) electrons. The quantitative estimate of drug-likeness (QED) is 0.607. The fourth-order valence-electron chi connectivity index (χ4n) is 4.01. The Morgan fingerprint density at radius 3 is 2.14 bits per heavy atom. The zero-order valence-corrected chi connectivity index (χ0v) is 10.5. The monoisotopic (exact) mass is 196 g/mol. The molecule has 2 rings (SSSR count). The summed E-state index contributed by atoms with van der Waals surface area (Å²) in [5, 5.41) is 0. The lowest BCUT2D eigenvalue weighted by Crippen LogP contribution is -2.47. The molecular weight excluding hydrogens is 170 g/mol. The molecule has 82 valence electrons. The Morgan fingerprint density at radius 1 is 1.29 bits per heavy atom. The van der Waals surface area contributed by atoms with E-state index in [9.17, 15) is 0 Å².